The molecule has 0 bridgehead atoms. The smallest absolute Gasteiger partial charge is 0.141 e. The first kappa shape index (κ1) is 15.0. The van der Waals surface area contributed by atoms with Crippen LogP contribution in [-0.4, -0.2) is 44.3 Å². The molecule has 1 aliphatic heterocycles. The Morgan fingerprint density at radius 2 is 2.14 bits per heavy atom. The molecular formula is C16H29N5. The van der Waals surface area contributed by atoms with Crippen molar-refractivity contribution in [2.45, 2.75) is 77.0 Å². The van der Waals surface area contributed by atoms with Crippen molar-refractivity contribution in [3.05, 3.63) is 12.2 Å². The lowest BCUT2D eigenvalue weighted by Crippen LogP contribution is -2.63. The molecule has 1 atom stereocenters. The Morgan fingerprint density at radius 1 is 1.33 bits per heavy atom. The number of aryl methyl sites for hydroxylation is 1. The highest BCUT2D eigenvalue weighted by atomic mass is 15.4. The predicted octanol–water partition coefficient (Wildman–Crippen LogP) is 2.18. The van der Waals surface area contributed by atoms with E-state index in [2.05, 4.69) is 38.8 Å². The summed E-state index contributed by atoms with van der Waals surface area (Å²) in [6.07, 6.45) is 9.44. The van der Waals surface area contributed by atoms with Crippen LogP contribution in [0.1, 0.15) is 58.2 Å². The Kier molecular flexibility index (Phi) is 4.60. The fourth-order valence-corrected chi connectivity index (χ4v) is 3.98. The van der Waals surface area contributed by atoms with Crippen LogP contribution in [0.2, 0.25) is 0 Å². The van der Waals surface area contributed by atoms with E-state index in [0.717, 1.165) is 38.4 Å². The first-order valence-electron chi connectivity index (χ1n) is 8.62. The highest BCUT2D eigenvalue weighted by Crippen LogP contribution is 2.37. The molecule has 3 rings (SSSR count). The summed E-state index contributed by atoms with van der Waals surface area (Å²) < 4.78 is 2.09. The average Bonchev–Trinajstić information content (AvgIpc) is 3.13. The minimum Gasteiger partial charge on any atom is -0.311 e. The van der Waals surface area contributed by atoms with Crippen LogP contribution in [0.4, 0.5) is 0 Å². The van der Waals surface area contributed by atoms with E-state index in [9.17, 15) is 0 Å². The van der Waals surface area contributed by atoms with E-state index in [4.69, 9.17) is 0 Å². The molecule has 0 radical (unpaired) electrons. The van der Waals surface area contributed by atoms with Crippen molar-refractivity contribution in [1.29, 1.82) is 0 Å². The first-order valence-corrected chi connectivity index (χ1v) is 8.62. The van der Waals surface area contributed by atoms with Crippen molar-refractivity contribution in [1.82, 2.24) is 25.0 Å². The third-order valence-electron chi connectivity index (χ3n) is 5.32. The van der Waals surface area contributed by atoms with E-state index < -0.39 is 0 Å². The zero-order valence-corrected chi connectivity index (χ0v) is 13.5. The molecule has 2 heterocycles. The van der Waals surface area contributed by atoms with Gasteiger partial charge < -0.3 is 5.32 Å². The van der Waals surface area contributed by atoms with Crippen LogP contribution in [-0.2, 0) is 13.1 Å². The Balaban J connectivity index is 1.77. The minimum atomic E-state index is 0.370. The summed E-state index contributed by atoms with van der Waals surface area (Å²) in [7, 11) is 0. The number of hydrogen-bond donors (Lipinski definition) is 1. The van der Waals surface area contributed by atoms with E-state index in [-0.39, 0.29) is 0 Å². The minimum absolute atomic E-state index is 0.370. The number of rotatable bonds is 5. The Hall–Kier alpha value is -0.940. The van der Waals surface area contributed by atoms with E-state index >= 15 is 0 Å². The van der Waals surface area contributed by atoms with Gasteiger partial charge in [0.05, 0.1) is 6.54 Å². The highest BCUT2D eigenvalue weighted by Gasteiger charge is 2.43. The maximum absolute atomic E-state index is 4.52. The average molecular weight is 291 g/mol. The van der Waals surface area contributed by atoms with Crippen molar-refractivity contribution < 1.29 is 0 Å². The summed E-state index contributed by atoms with van der Waals surface area (Å²) in [5, 5.41) is 8.16. The predicted molar refractivity (Wildman–Crippen MR) is 84.0 cm³/mol. The lowest BCUT2D eigenvalue weighted by atomic mass is 9.90. The SMILES string of the molecule is CCCn1ncnc1CN1CC(CC)NCC12CCCC2. The Morgan fingerprint density at radius 3 is 2.86 bits per heavy atom. The van der Waals surface area contributed by atoms with Crippen LogP contribution >= 0.6 is 0 Å². The zero-order chi connectivity index (χ0) is 14.7. The van der Waals surface area contributed by atoms with Crippen LogP contribution in [0.5, 0.6) is 0 Å². The van der Waals surface area contributed by atoms with Crippen LogP contribution < -0.4 is 5.32 Å². The van der Waals surface area contributed by atoms with Gasteiger partial charge in [0.25, 0.3) is 0 Å². The van der Waals surface area contributed by atoms with Gasteiger partial charge in [-0.25, -0.2) is 9.67 Å². The lowest BCUT2D eigenvalue weighted by molar-refractivity contribution is 0.0316. The normalized spacial score (nSPS) is 25.7. The van der Waals surface area contributed by atoms with Crippen LogP contribution in [0.25, 0.3) is 0 Å². The molecule has 1 saturated heterocycles. The van der Waals surface area contributed by atoms with Gasteiger partial charge in [0.2, 0.25) is 0 Å². The van der Waals surface area contributed by atoms with Crippen molar-refractivity contribution in [3.8, 4) is 0 Å². The largest absolute Gasteiger partial charge is 0.311 e. The Labute approximate surface area is 128 Å². The van der Waals surface area contributed by atoms with Crippen molar-refractivity contribution >= 4 is 0 Å². The van der Waals surface area contributed by atoms with E-state index in [1.807, 2.05) is 0 Å². The van der Waals surface area contributed by atoms with Crippen LogP contribution in [0.15, 0.2) is 6.33 Å². The standard InChI is InChI=1S/C16H29N5/c1-3-9-21-15(18-13-19-21)11-20-10-14(4-2)17-12-16(20)7-5-6-8-16/h13-14,17H,3-12H2,1-2H3. The molecule has 5 nitrogen and oxygen atoms in total. The van der Waals surface area contributed by atoms with E-state index in [1.54, 1.807) is 6.33 Å². The fraction of sp³-hybridized carbons (Fsp3) is 0.875. The van der Waals surface area contributed by atoms with E-state index in [0.29, 0.717) is 11.6 Å². The first-order chi connectivity index (χ1) is 10.3. The molecule has 1 saturated carbocycles. The number of piperazine rings is 1. The molecule has 5 heteroatoms. The number of hydrogen-bond acceptors (Lipinski definition) is 4. The molecule has 1 unspecified atom stereocenters. The molecule has 21 heavy (non-hydrogen) atoms. The van der Waals surface area contributed by atoms with Gasteiger partial charge in [0.15, 0.2) is 0 Å². The topological polar surface area (TPSA) is 46.0 Å². The number of aromatic nitrogens is 3. The van der Waals surface area contributed by atoms with Crippen molar-refractivity contribution in [3.63, 3.8) is 0 Å². The summed E-state index contributed by atoms with van der Waals surface area (Å²) in [4.78, 5) is 7.23. The van der Waals surface area contributed by atoms with Gasteiger partial charge >= 0.3 is 0 Å². The maximum atomic E-state index is 4.52. The summed E-state index contributed by atoms with van der Waals surface area (Å²) >= 11 is 0. The van der Waals surface area contributed by atoms with Gasteiger partial charge in [0.1, 0.15) is 12.2 Å². The summed E-state index contributed by atoms with van der Waals surface area (Å²) in [6.45, 7) is 8.70. The fourth-order valence-electron chi connectivity index (χ4n) is 3.98. The van der Waals surface area contributed by atoms with Gasteiger partial charge in [-0.05, 0) is 25.7 Å². The summed E-state index contributed by atoms with van der Waals surface area (Å²) in [5.74, 6) is 1.14. The Bertz CT molecular complexity index is 449. The van der Waals surface area contributed by atoms with Gasteiger partial charge in [-0.2, -0.15) is 5.10 Å². The van der Waals surface area contributed by atoms with Gasteiger partial charge in [-0.15, -0.1) is 0 Å². The quantitative estimate of drug-likeness (QED) is 0.903. The molecule has 2 fully saturated rings. The summed E-state index contributed by atoms with van der Waals surface area (Å²) in [5.41, 5.74) is 0.370. The van der Waals surface area contributed by atoms with Gasteiger partial charge in [0, 0.05) is 31.2 Å². The lowest BCUT2D eigenvalue weighted by Gasteiger charge is -2.48. The molecule has 1 aliphatic carbocycles. The zero-order valence-electron chi connectivity index (χ0n) is 13.5. The molecule has 1 N–H and O–H groups in total. The second kappa shape index (κ2) is 6.44. The van der Waals surface area contributed by atoms with Crippen LogP contribution in [0.3, 0.4) is 0 Å². The van der Waals surface area contributed by atoms with Crippen molar-refractivity contribution in [2.75, 3.05) is 13.1 Å². The molecule has 2 aliphatic rings. The molecule has 0 amide bonds. The van der Waals surface area contributed by atoms with Crippen LogP contribution in [0, 0.1) is 0 Å². The molecule has 1 aromatic heterocycles. The van der Waals surface area contributed by atoms with Gasteiger partial charge in [-0.1, -0.05) is 26.7 Å². The van der Waals surface area contributed by atoms with Gasteiger partial charge in [-0.3, -0.25) is 4.90 Å². The molecule has 0 aromatic carbocycles. The summed E-state index contributed by atoms with van der Waals surface area (Å²) in [6, 6.07) is 0.624. The highest BCUT2D eigenvalue weighted by molar-refractivity contribution is 5.03. The second-order valence-corrected chi connectivity index (χ2v) is 6.70. The molecule has 118 valence electrons. The monoisotopic (exact) mass is 291 g/mol. The number of nitrogens with one attached hydrogen (secondary N) is 1. The molecule has 1 aromatic rings. The van der Waals surface area contributed by atoms with Crippen molar-refractivity contribution in [2.24, 2.45) is 0 Å². The third kappa shape index (κ3) is 2.99. The van der Waals surface area contributed by atoms with E-state index in [1.165, 1.54) is 32.1 Å². The second-order valence-electron chi connectivity index (χ2n) is 6.70. The maximum Gasteiger partial charge on any atom is 0.141 e. The molecular weight excluding hydrogens is 262 g/mol. The number of nitrogens with zero attached hydrogens (tertiary/aromatic N) is 4. The third-order valence-corrected chi connectivity index (χ3v) is 5.32. The molecule has 1 spiro atoms.